The molecule has 3 atom stereocenters. The molecule has 0 spiro atoms. The summed E-state index contributed by atoms with van der Waals surface area (Å²) >= 11 is 0. The van der Waals surface area contributed by atoms with Crippen LogP contribution in [-0.4, -0.2) is 0 Å². The highest BCUT2D eigenvalue weighted by Gasteiger charge is 2.67. The summed E-state index contributed by atoms with van der Waals surface area (Å²) in [7, 11) is 0. The summed E-state index contributed by atoms with van der Waals surface area (Å²) in [6.45, 7) is 7.12. The Labute approximate surface area is 70.4 Å². The molecule has 2 saturated carbocycles. The van der Waals surface area contributed by atoms with Crippen LogP contribution in [0.1, 0.15) is 46.5 Å². The summed E-state index contributed by atoms with van der Waals surface area (Å²) in [5.41, 5.74) is 0.811. The standard InChI is InChI=1S/C11H20/c1-4-8-9-7-11(5-2,6-3)10(8)9/h8-10H,4-7H2,1-3H3. The molecule has 0 bridgehead atoms. The van der Waals surface area contributed by atoms with Crippen molar-refractivity contribution in [1.29, 1.82) is 0 Å². The van der Waals surface area contributed by atoms with Crippen LogP contribution >= 0.6 is 0 Å². The zero-order chi connectivity index (χ0) is 8.06. The summed E-state index contributed by atoms with van der Waals surface area (Å²) in [4.78, 5) is 0. The molecule has 0 radical (unpaired) electrons. The minimum atomic E-state index is 0.811. The first kappa shape index (κ1) is 7.64. The second-order valence-electron chi connectivity index (χ2n) is 4.54. The SMILES string of the molecule is CCC1C2CC(CC)(CC)C12. The highest BCUT2D eigenvalue weighted by atomic mass is 14.7. The Hall–Kier alpha value is 0. The van der Waals surface area contributed by atoms with Crippen molar-refractivity contribution in [2.24, 2.45) is 23.2 Å². The van der Waals surface area contributed by atoms with Crippen molar-refractivity contribution >= 4 is 0 Å². The lowest BCUT2D eigenvalue weighted by atomic mass is 9.65. The first-order chi connectivity index (χ1) is 5.29. The van der Waals surface area contributed by atoms with Crippen molar-refractivity contribution in [3.63, 3.8) is 0 Å². The predicted octanol–water partition coefficient (Wildman–Crippen LogP) is 3.47. The maximum absolute atomic E-state index is 2.38. The molecular formula is C11H20. The lowest BCUT2D eigenvalue weighted by molar-refractivity contribution is 0.0988. The Morgan fingerprint density at radius 2 is 1.82 bits per heavy atom. The molecule has 2 aliphatic rings. The van der Waals surface area contributed by atoms with Gasteiger partial charge in [0, 0.05) is 0 Å². The minimum absolute atomic E-state index is 0.811. The van der Waals surface area contributed by atoms with Gasteiger partial charge in [0.1, 0.15) is 0 Å². The van der Waals surface area contributed by atoms with Crippen molar-refractivity contribution in [1.82, 2.24) is 0 Å². The molecule has 2 rings (SSSR count). The van der Waals surface area contributed by atoms with Gasteiger partial charge in [0.05, 0.1) is 0 Å². The van der Waals surface area contributed by atoms with Gasteiger partial charge >= 0.3 is 0 Å². The Morgan fingerprint density at radius 3 is 2.09 bits per heavy atom. The van der Waals surface area contributed by atoms with Crippen molar-refractivity contribution in [2.45, 2.75) is 46.5 Å². The first-order valence-corrected chi connectivity index (χ1v) is 5.29. The molecule has 3 unspecified atom stereocenters. The number of fused-ring (bicyclic) bond motifs is 1. The summed E-state index contributed by atoms with van der Waals surface area (Å²) in [6.07, 6.45) is 5.86. The number of hydrogen-bond donors (Lipinski definition) is 0. The highest BCUT2D eigenvalue weighted by molar-refractivity contribution is 5.16. The van der Waals surface area contributed by atoms with E-state index in [1.54, 1.807) is 6.42 Å². The molecule has 0 amide bonds. The van der Waals surface area contributed by atoms with Crippen LogP contribution in [0, 0.1) is 23.2 Å². The molecule has 0 N–H and O–H groups in total. The molecular weight excluding hydrogens is 132 g/mol. The van der Waals surface area contributed by atoms with E-state index in [1.165, 1.54) is 25.2 Å². The summed E-state index contributed by atoms with van der Waals surface area (Å²) in [5, 5.41) is 0. The summed E-state index contributed by atoms with van der Waals surface area (Å²) in [6, 6.07) is 0. The van der Waals surface area contributed by atoms with E-state index in [2.05, 4.69) is 20.8 Å². The Balaban J connectivity index is 2.00. The van der Waals surface area contributed by atoms with E-state index in [9.17, 15) is 0 Å². The van der Waals surface area contributed by atoms with Gasteiger partial charge in [0.25, 0.3) is 0 Å². The van der Waals surface area contributed by atoms with E-state index < -0.39 is 0 Å². The highest BCUT2D eigenvalue weighted by Crippen LogP contribution is 2.74. The van der Waals surface area contributed by atoms with Crippen molar-refractivity contribution in [3.8, 4) is 0 Å². The maximum Gasteiger partial charge on any atom is -0.0266 e. The second kappa shape index (κ2) is 2.24. The Bertz CT molecular complexity index is 155. The van der Waals surface area contributed by atoms with E-state index in [-0.39, 0.29) is 0 Å². The molecule has 0 heterocycles. The van der Waals surface area contributed by atoms with Gasteiger partial charge in [-0.15, -0.1) is 0 Å². The molecule has 0 aromatic rings. The van der Waals surface area contributed by atoms with Crippen molar-refractivity contribution < 1.29 is 0 Å². The summed E-state index contributed by atoms with van der Waals surface area (Å²) in [5.74, 6) is 3.46. The monoisotopic (exact) mass is 152 g/mol. The average Bonchev–Trinajstić information content (AvgIpc) is 2.60. The van der Waals surface area contributed by atoms with E-state index in [1.807, 2.05) is 0 Å². The van der Waals surface area contributed by atoms with Gasteiger partial charge in [-0.05, 0) is 29.6 Å². The molecule has 64 valence electrons. The van der Waals surface area contributed by atoms with E-state index in [0.29, 0.717) is 0 Å². The fraction of sp³-hybridized carbons (Fsp3) is 1.00. The van der Waals surface area contributed by atoms with Crippen LogP contribution in [0.4, 0.5) is 0 Å². The maximum atomic E-state index is 2.38. The molecule has 0 heteroatoms. The second-order valence-corrected chi connectivity index (χ2v) is 4.54. The van der Waals surface area contributed by atoms with E-state index >= 15 is 0 Å². The van der Waals surface area contributed by atoms with Gasteiger partial charge in [0.15, 0.2) is 0 Å². The van der Waals surface area contributed by atoms with Crippen LogP contribution in [0.25, 0.3) is 0 Å². The first-order valence-electron chi connectivity index (χ1n) is 5.29. The van der Waals surface area contributed by atoms with Crippen LogP contribution in [-0.2, 0) is 0 Å². The zero-order valence-electron chi connectivity index (χ0n) is 8.06. The fourth-order valence-corrected chi connectivity index (χ4v) is 3.64. The van der Waals surface area contributed by atoms with Crippen LogP contribution in [0.3, 0.4) is 0 Å². The molecule has 11 heavy (non-hydrogen) atoms. The smallest absolute Gasteiger partial charge is 0.0266 e. The number of hydrogen-bond acceptors (Lipinski definition) is 0. The summed E-state index contributed by atoms with van der Waals surface area (Å²) < 4.78 is 0. The fourth-order valence-electron chi connectivity index (χ4n) is 3.64. The average molecular weight is 152 g/mol. The normalized spacial score (nSPS) is 44.5. The topological polar surface area (TPSA) is 0 Å². The van der Waals surface area contributed by atoms with Gasteiger partial charge in [0.2, 0.25) is 0 Å². The van der Waals surface area contributed by atoms with Gasteiger partial charge < -0.3 is 0 Å². The van der Waals surface area contributed by atoms with Crippen LogP contribution < -0.4 is 0 Å². The largest absolute Gasteiger partial charge is 0.0651 e. The van der Waals surface area contributed by atoms with Crippen molar-refractivity contribution in [3.05, 3.63) is 0 Å². The quantitative estimate of drug-likeness (QED) is 0.581. The molecule has 0 nitrogen and oxygen atoms in total. The molecule has 0 aromatic carbocycles. The van der Waals surface area contributed by atoms with E-state index in [4.69, 9.17) is 0 Å². The van der Waals surface area contributed by atoms with Crippen LogP contribution in [0.5, 0.6) is 0 Å². The van der Waals surface area contributed by atoms with Crippen LogP contribution in [0.15, 0.2) is 0 Å². The minimum Gasteiger partial charge on any atom is -0.0651 e. The Kier molecular flexibility index (Phi) is 1.56. The molecule has 0 aromatic heterocycles. The van der Waals surface area contributed by atoms with Gasteiger partial charge in [-0.3, -0.25) is 0 Å². The van der Waals surface area contributed by atoms with E-state index in [0.717, 1.165) is 17.3 Å². The number of rotatable bonds is 3. The van der Waals surface area contributed by atoms with Crippen LogP contribution in [0.2, 0.25) is 0 Å². The molecule has 0 saturated heterocycles. The lowest BCUT2D eigenvalue weighted by Crippen LogP contribution is -2.31. The molecule has 2 fully saturated rings. The van der Waals surface area contributed by atoms with Gasteiger partial charge in [-0.25, -0.2) is 0 Å². The Morgan fingerprint density at radius 1 is 1.18 bits per heavy atom. The predicted molar refractivity (Wildman–Crippen MR) is 48.4 cm³/mol. The lowest BCUT2D eigenvalue weighted by Gasteiger charge is -2.40. The molecule has 0 aliphatic heterocycles. The third-order valence-corrected chi connectivity index (χ3v) is 4.56. The van der Waals surface area contributed by atoms with Gasteiger partial charge in [-0.1, -0.05) is 40.0 Å². The third kappa shape index (κ3) is 0.761. The third-order valence-electron chi connectivity index (χ3n) is 4.56. The van der Waals surface area contributed by atoms with Crippen molar-refractivity contribution in [2.75, 3.05) is 0 Å². The zero-order valence-corrected chi connectivity index (χ0v) is 8.06. The van der Waals surface area contributed by atoms with Gasteiger partial charge in [-0.2, -0.15) is 0 Å². The molecule has 2 aliphatic carbocycles.